The van der Waals surface area contributed by atoms with E-state index in [1.54, 1.807) is 12.3 Å². The number of carbonyl (C=O) groups excluding carboxylic acids is 2. The Balaban J connectivity index is 1.74. The highest BCUT2D eigenvalue weighted by Crippen LogP contribution is 2.26. The Bertz CT molecular complexity index is 636. The summed E-state index contributed by atoms with van der Waals surface area (Å²) >= 11 is 12.1. The monoisotopic (exact) mass is 401 g/mol. The van der Waals surface area contributed by atoms with E-state index < -0.39 is 0 Å². The zero-order valence-corrected chi connectivity index (χ0v) is 16.7. The van der Waals surface area contributed by atoms with Crippen LogP contribution in [-0.4, -0.2) is 79.5 Å². The summed E-state index contributed by atoms with van der Waals surface area (Å²) in [7, 11) is 1.92. The number of hydrogen-bond acceptors (Lipinski definition) is 5. The minimum Gasteiger partial charge on any atom is -0.356 e. The standard InChI is InChI=1S/C17H25Cl2N5O2/c1-13(25)20-4-3-5-22(2)12-16(26)23-6-8-24(9-7-23)17-15(19)10-14(18)11-21-17/h10-11H,3-9,12H2,1-2H3,(H,20,25). The molecule has 0 atom stereocenters. The van der Waals surface area contributed by atoms with Gasteiger partial charge in [0.15, 0.2) is 0 Å². The maximum atomic E-state index is 12.4. The minimum atomic E-state index is -0.0307. The molecule has 26 heavy (non-hydrogen) atoms. The third-order valence-electron chi connectivity index (χ3n) is 4.22. The van der Waals surface area contributed by atoms with Crippen LogP contribution in [0.2, 0.25) is 10.0 Å². The molecule has 0 unspecified atom stereocenters. The van der Waals surface area contributed by atoms with Crippen LogP contribution in [0.3, 0.4) is 0 Å². The molecule has 0 bridgehead atoms. The molecule has 1 aromatic heterocycles. The number of aromatic nitrogens is 1. The molecule has 2 rings (SSSR count). The van der Waals surface area contributed by atoms with E-state index in [0.717, 1.165) is 13.0 Å². The third kappa shape index (κ3) is 6.30. The highest BCUT2D eigenvalue weighted by atomic mass is 35.5. The van der Waals surface area contributed by atoms with Gasteiger partial charge in [-0.3, -0.25) is 14.5 Å². The average Bonchev–Trinajstić information content (AvgIpc) is 2.59. The summed E-state index contributed by atoms with van der Waals surface area (Å²) in [6, 6.07) is 1.68. The summed E-state index contributed by atoms with van der Waals surface area (Å²) in [5, 5.41) is 3.79. The Kier molecular flexibility index (Phi) is 7.93. The van der Waals surface area contributed by atoms with Crippen molar-refractivity contribution in [1.29, 1.82) is 0 Å². The van der Waals surface area contributed by atoms with Crippen LogP contribution in [0.15, 0.2) is 12.3 Å². The lowest BCUT2D eigenvalue weighted by Crippen LogP contribution is -2.51. The first kappa shape index (κ1) is 20.7. The number of piperazine rings is 1. The lowest BCUT2D eigenvalue weighted by Gasteiger charge is -2.36. The highest BCUT2D eigenvalue weighted by molar-refractivity contribution is 6.36. The van der Waals surface area contributed by atoms with Crippen molar-refractivity contribution >= 4 is 40.8 Å². The maximum Gasteiger partial charge on any atom is 0.236 e. The number of halogens is 2. The molecular formula is C17H25Cl2N5O2. The van der Waals surface area contributed by atoms with Crippen molar-refractivity contribution in [1.82, 2.24) is 20.1 Å². The predicted octanol–water partition coefficient (Wildman–Crippen LogP) is 1.49. The SMILES string of the molecule is CC(=O)NCCCN(C)CC(=O)N1CCN(c2ncc(Cl)cc2Cl)CC1. The summed E-state index contributed by atoms with van der Waals surface area (Å²) in [6.45, 7) is 5.91. The van der Waals surface area contributed by atoms with Crippen LogP contribution in [0.5, 0.6) is 0 Å². The Labute approximate surface area is 164 Å². The number of anilines is 1. The van der Waals surface area contributed by atoms with Crippen LogP contribution >= 0.6 is 23.2 Å². The molecule has 0 aliphatic carbocycles. The summed E-state index contributed by atoms with van der Waals surface area (Å²) < 4.78 is 0. The molecule has 7 nitrogen and oxygen atoms in total. The number of amides is 2. The van der Waals surface area contributed by atoms with Crippen molar-refractivity contribution in [3.8, 4) is 0 Å². The fourth-order valence-electron chi connectivity index (χ4n) is 2.83. The van der Waals surface area contributed by atoms with Crippen LogP contribution in [-0.2, 0) is 9.59 Å². The number of hydrogen-bond donors (Lipinski definition) is 1. The van der Waals surface area contributed by atoms with Gasteiger partial charge in [-0.2, -0.15) is 0 Å². The van der Waals surface area contributed by atoms with Crippen LogP contribution < -0.4 is 10.2 Å². The van der Waals surface area contributed by atoms with E-state index in [4.69, 9.17) is 23.2 Å². The van der Waals surface area contributed by atoms with E-state index in [-0.39, 0.29) is 11.8 Å². The van der Waals surface area contributed by atoms with Gasteiger partial charge in [-0.25, -0.2) is 4.98 Å². The minimum absolute atomic E-state index is 0.0307. The quantitative estimate of drug-likeness (QED) is 0.701. The van der Waals surface area contributed by atoms with Crippen LogP contribution in [0.25, 0.3) is 0 Å². The zero-order valence-electron chi connectivity index (χ0n) is 15.2. The van der Waals surface area contributed by atoms with Gasteiger partial charge >= 0.3 is 0 Å². The summed E-state index contributed by atoms with van der Waals surface area (Å²) in [5.74, 6) is 0.789. The van der Waals surface area contributed by atoms with E-state index in [1.165, 1.54) is 6.92 Å². The van der Waals surface area contributed by atoms with Gasteiger partial charge in [0.1, 0.15) is 5.82 Å². The van der Waals surface area contributed by atoms with Crippen molar-refractivity contribution in [3.63, 3.8) is 0 Å². The van der Waals surface area contributed by atoms with Crippen molar-refractivity contribution in [2.45, 2.75) is 13.3 Å². The van der Waals surface area contributed by atoms with E-state index in [2.05, 4.69) is 15.2 Å². The van der Waals surface area contributed by atoms with Gasteiger partial charge in [0.25, 0.3) is 0 Å². The Morgan fingerprint density at radius 1 is 1.27 bits per heavy atom. The topological polar surface area (TPSA) is 68.8 Å². The summed E-state index contributed by atoms with van der Waals surface area (Å²) in [5.41, 5.74) is 0. The molecule has 2 amide bonds. The van der Waals surface area contributed by atoms with Crippen molar-refractivity contribution in [3.05, 3.63) is 22.3 Å². The van der Waals surface area contributed by atoms with Gasteiger partial charge in [-0.15, -0.1) is 0 Å². The first-order valence-electron chi connectivity index (χ1n) is 8.63. The lowest BCUT2D eigenvalue weighted by molar-refractivity contribution is -0.132. The molecule has 1 saturated heterocycles. The molecule has 0 saturated carbocycles. The van der Waals surface area contributed by atoms with Gasteiger partial charge in [0.05, 0.1) is 16.6 Å². The van der Waals surface area contributed by atoms with E-state index >= 15 is 0 Å². The van der Waals surface area contributed by atoms with Gasteiger partial charge < -0.3 is 15.1 Å². The second-order valence-electron chi connectivity index (χ2n) is 6.40. The van der Waals surface area contributed by atoms with Crippen LogP contribution in [0.4, 0.5) is 5.82 Å². The van der Waals surface area contributed by atoms with E-state index in [9.17, 15) is 9.59 Å². The highest BCUT2D eigenvalue weighted by Gasteiger charge is 2.23. The van der Waals surface area contributed by atoms with Gasteiger partial charge in [0.2, 0.25) is 11.8 Å². The maximum absolute atomic E-state index is 12.4. The molecule has 2 heterocycles. The zero-order chi connectivity index (χ0) is 19.1. The van der Waals surface area contributed by atoms with Crippen molar-refractivity contribution in [2.24, 2.45) is 0 Å². The molecule has 1 aliphatic rings. The van der Waals surface area contributed by atoms with E-state index in [0.29, 0.717) is 55.1 Å². The van der Waals surface area contributed by atoms with Crippen molar-refractivity contribution in [2.75, 3.05) is 57.8 Å². The summed E-state index contributed by atoms with van der Waals surface area (Å²) in [4.78, 5) is 33.5. The van der Waals surface area contributed by atoms with Gasteiger partial charge in [-0.1, -0.05) is 23.2 Å². The first-order valence-corrected chi connectivity index (χ1v) is 9.39. The third-order valence-corrected chi connectivity index (χ3v) is 4.70. The number of carbonyl (C=O) groups is 2. The fraction of sp³-hybridized carbons (Fsp3) is 0.588. The molecule has 1 fully saturated rings. The van der Waals surface area contributed by atoms with Crippen molar-refractivity contribution < 1.29 is 9.59 Å². The molecule has 1 aromatic rings. The normalized spacial score (nSPS) is 14.7. The molecule has 1 N–H and O–H groups in total. The average molecular weight is 402 g/mol. The Hall–Kier alpha value is -1.57. The predicted molar refractivity (Wildman–Crippen MR) is 104 cm³/mol. The fourth-order valence-corrected chi connectivity index (χ4v) is 3.33. The molecular weight excluding hydrogens is 377 g/mol. The second-order valence-corrected chi connectivity index (χ2v) is 7.24. The number of rotatable bonds is 7. The molecule has 9 heteroatoms. The summed E-state index contributed by atoms with van der Waals surface area (Å²) in [6.07, 6.45) is 2.40. The number of pyridine rings is 1. The van der Waals surface area contributed by atoms with Crippen LogP contribution in [0, 0.1) is 0 Å². The molecule has 1 aliphatic heterocycles. The lowest BCUT2D eigenvalue weighted by atomic mass is 10.3. The second kappa shape index (κ2) is 9.94. The smallest absolute Gasteiger partial charge is 0.236 e. The first-order chi connectivity index (χ1) is 12.4. The molecule has 144 valence electrons. The molecule has 0 spiro atoms. The van der Waals surface area contributed by atoms with Crippen LogP contribution in [0.1, 0.15) is 13.3 Å². The Morgan fingerprint density at radius 3 is 2.58 bits per heavy atom. The largest absolute Gasteiger partial charge is 0.356 e. The van der Waals surface area contributed by atoms with Gasteiger partial charge in [0, 0.05) is 52.4 Å². The van der Waals surface area contributed by atoms with E-state index in [1.807, 2.05) is 16.8 Å². The Morgan fingerprint density at radius 2 is 1.96 bits per heavy atom. The number of nitrogens with one attached hydrogen (secondary N) is 1. The number of nitrogens with zero attached hydrogens (tertiary/aromatic N) is 4. The molecule has 0 aromatic carbocycles. The number of likely N-dealkylation sites (N-methyl/N-ethyl adjacent to an activating group) is 1. The molecule has 0 radical (unpaired) electrons. The van der Waals surface area contributed by atoms with Gasteiger partial charge in [-0.05, 0) is 19.5 Å².